The van der Waals surface area contributed by atoms with E-state index in [0.717, 1.165) is 0 Å². The van der Waals surface area contributed by atoms with Gasteiger partial charge in [0.2, 0.25) is 0 Å². The quantitative estimate of drug-likeness (QED) is 0.526. The van der Waals surface area contributed by atoms with Gasteiger partial charge >= 0.3 is 15.6 Å². The Morgan fingerprint density at radius 1 is 1.10 bits per heavy atom. The molecule has 0 aromatic rings. The molecular weight excluding hydrogens is 186 g/mol. The molecule has 0 bridgehead atoms. The first-order chi connectivity index (χ1) is 4.41. The summed E-state index contributed by atoms with van der Waals surface area (Å²) >= 11 is 0. The van der Waals surface area contributed by atoms with Crippen molar-refractivity contribution in [2.24, 2.45) is 0 Å². The maximum atomic E-state index is 10.3. The molecule has 0 aromatic heterocycles. The standard InChI is InChI=1S/CH4O7P2/c2-9(3)6-1-7-10(4,5)8-9/h1H2,(H,2,3)(H,4,5). The molecule has 1 aliphatic rings. The van der Waals surface area contributed by atoms with E-state index in [1.165, 1.54) is 0 Å². The van der Waals surface area contributed by atoms with Gasteiger partial charge in [-0.05, 0) is 0 Å². The van der Waals surface area contributed by atoms with Crippen molar-refractivity contribution in [1.29, 1.82) is 0 Å². The summed E-state index contributed by atoms with van der Waals surface area (Å²) in [6, 6.07) is 0. The molecule has 1 rings (SSSR count). The first-order valence-corrected chi connectivity index (χ1v) is 5.06. The first-order valence-electron chi connectivity index (χ1n) is 2.07. The van der Waals surface area contributed by atoms with Crippen molar-refractivity contribution >= 4 is 15.6 Å². The molecule has 1 heterocycles. The Morgan fingerprint density at radius 3 is 1.70 bits per heavy atom. The highest BCUT2D eigenvalue weighted by Gasteiger charge is 2.40. The normalized spacial score (nSPS) is 49.0. The summed E-state index contributed by atoms with van der Waals surface area (Å²) in [5.74, 6) is 0. The van der Waals surface area contributed by atoms with Crippen molar-refractivity contribution in [3.05, 3.63) is 0 Å². The minimum atomic E-state index is -4.35. The average Bonchev–Trinajstić information content (AvgIpc) is 1.56. The lowest BCUT2D eigenvalue weighted by molar-refractivity contribution is 0.0242. The Balaban J connectivity index is 2.75. The molecule has 0 aliphatic carbocycles. The van der Waals surface area contributed by atoms with Crippen LogP contribution in [-0.4, -0.2) is 16.6 Å². The summed E-state index contributed by atoms with van der Waals surface area (Å²) < 4.78 is 32.2. The van der Waals surface area contributed by atoms with Crippen molar-refractivity contribution in [1.82, 2.24) is 0 Å². The van der Waals surface area contributed by atoms with Gasteiger partial charge in [-0.1, -0.05) is 0 Å². The van der Waals surface area contributed by atoms with Crippen LogP contribution in [0, 0.1) is 0 Å². The topological polar surface area (TPSA) is 102 Å². The van der Waals surface area contributed by atoms with Crippen molar-refractivity contribution in [3.63, 3.8) is 0 Å². The molecule has 7 nitrogen and oxygen atoms in total. The van der Waals surface area contributed by atoms with Crippen LogP contribution in [0.15, 0.2) is 0 Å². The molecule has 0 radical (unpaired) electrons. The SMILES string of the molecule is O=P1(O)OCOP(=O)(O)O1. The molecule has 1 saturated heterocycles. The first kappa shape index (κ1) is 8.36. The van der Waals surface area contributed by atoms with Gasteiger partial charge < -0.3 is 9.79 Å². The molecule has 0 saturated carbocycles. The molecule has 0 spiro atoms. The highest BCUT2D eigenvalue weighted by atomic mass is 31.3. The third-order valence-electron chi connectivity index (χ3n) is 0.638. The van der Waals surface area contributed by atoms with Crippen LogP contribution in [-0.2, 0) is 22.5 Å². The number of hydrogen-bond donors (Lipinski definition) is 2. The lowest BCUT2D eigenvalue weighted by Gasteiger charge is -2.20. The van der Waals surface area contributed by atoms with Gasteiger partial charge in [0.05, 0.1) is 0 Å². The lowest BCUT2D eigenvalue weighted by atomic mass is 11.6. The monoisotopic (exact) mass is 190 g/mol. The predicted molar refractivity (Wildman–Crippen MR) is 27.8 cm³/mol. The highest BCUT2D eigenvalue weighted by Crippen LogP contribution is 2.63. The molecule has 2 N–H and O–H groups in total. The van der Waals surface area contributed by atoms with E-state index in [2.05, 4.69) is 13.4 Å². The lowest BCUT2D eigenvalue weighted by Crippen LogP contribution is -2.06. The Kier molecular flexibility index (Phi) is 2.00. The Morgan fingerprint density at radius 2 is 1.50 bits per heavy atom. The molecule has 2 unspecified atom stereocenters. The van der Waals surface area contributed by atoms with Crippen LogP contribution in [0.5, 0.6) is 0 Å². The third kappa shape index (κ3) is 2.14. The van der Waals surface area contributed by atoms with Gasteiger partial charge in [-0.25, -0.2) is 9.13 Å². The smallest absolute Gasteiger partial charge is 0.302 e. The molecule has 60 valence electrons. The molecule has 1 aliphatic heterocycles. The fourth-order valence-corrected chi connectivity index (χ4v) is 2.21. The van der Waals surface area contributed by atoms with Crippen molar-refractivity contribution in [3.8, 4) is 0 Å². The third-order valence-corrected chi connectivity index (χ3v) is 3.15. The Hall–Kier alpha value is 0.260. The molecule has 0 aromatic carbocycles. The molecule has 0 amide bonds. The summed E-state index contributed by atoms with van der Waals surface area (Å²) in [4.78, 5) is 16.8. The summed E-state index contributed by atoms with van der Waals surface area (Å²) in [6.45, 7) is -0.721. The maximum Gasteiger partial charge on any atom is 0.483 e. The Labute approximate surface area is 55.8 Å². The van der Waals surface area contributed by atoms with E-state index in [4.69, 9.17) is 9.79 Å². The van der Waals surface area contributed by atoms with Gasteiger partial charge in [0.1, 0.15) is 0 Å². The predicted octanol–water partition coefficient (Wildman–Crippen LogP) is 0.208. The number of phosphoric acid groups is 2. The van der Waals surface area contributed by atoms with Crippen molar-refractivity contribution < 1.29 is 32.3 Å². The zero-order valence-electron chi connectivity index (χ0n) is 4.54. The van der Waals surface area contributed by atoms with E-state index in [-0.39, 0.29) is 0 Å². The highest BCUT2D eigenvalue weighted by molar-refractivity contribution is 7.61. The van der Waals surface area contributed by atoms with Gasteiger partial charge in [0, 0.05) is 0 Å². The van der Waals surface area contributed by atoms with Crippen LogP contribution in [0.4, 0.5) is 0 Å². The summed E-state index contributed by atoms with van der Waals surface area (Å²) in [5, 5.41) is 0. The van der Waals surface area contributed by atoms with E-state index in [1.807, 2.05) is 0 Å². The van der Waals surface area contributed by atoms with E-state index >= 15 is 0 Å². The minimum absolute atomic E-state index is 0.721. The van der Waals surface area contributed by atoms with Crippen LogP contribution in [0.1, 0.15) is 0 Å². The van der Waals surface area contributed by atoms with E-state index in [9.17, 15) is 9.13 Å². The van der Waals surface area contributed by atoms with Gasteiger partial charge in [-0.3, -0.25) is 9.05 Å². The van der Waals surface area contributed by atoms with Crippen molar-refractivity contribution in [2.45, 2.75) is 0 Å². The average molecular weight is 190 g/mol. The number of hydrogen-bond acceptors (Lipinski definition) is 5. The van der Waals surface area contributed by atoms with E-state index < -0.39 is 22.4 Å². The molecule has 2 atom stereocenters. The number of rotatable bonds is 0. The fourth-order valence-electron chi connectivity index (χ4n) is 0.334. The molecule has 1 fully saturated rings. The Bertz CT molecular complexity index is 198. The van der Waals surface area contributed by atoms with Gasteiger partial charge in [0.15, 0.2) is 6.79 Å². The van der Waals surface area contributed by atoms with Crippen LogP contribution in [0.2, 0.25) is 0 Å². The van der Waals surface area contributed by atoms with Gasteiger partial charge in [0.25, 0.3) is 0 Å². The second kappa shape index (κ2) is 2.39. The second-order valence-corrected chi connectivity index (χ2v) is 4.44. The maximum absolute atomic E-state index is 10.3. The fraction of sp³-hybridized carbons (Fsp3) is 1.00. The van der Waals surface area contributed by atoms with Gasteiger partial charge in [-0.15, -0.1) is 0 Å². The number of phosphoric ester groups is 2. The zero-order chi connectivity index (χ0) is 7.83. The molecule has 9 heteroatoms. The summed E-state index contributed by atoms with van der Waals surface area (Å²) in [6.07, 6.45) is 0. The van der Waals surface area contributed by atoms with Crippen LogP contribution in [0.25, 0.3) is 0 Å². The van der Waals surface area contributed by atoms with Crippen LogP contribution < -0.4 is 0 Å². The molecule has 10 heavy (non-hydrogen) atoms. The minimum Gasteiger partial charge on any atom is -0.302 e. The molecular formula is CH4O7P2. The van der Waals surface area contributed by atoms with E-state index in [0.29, 0.717) is 0 Å². The van der Waals surface area contributed by atoms with Gasteiger partial charge in [-0.2, -0.15) is 4.31 Å². The summed E-state index contributed by atoms with van der Waals surface area (Å²) in [5.41, 5.74) is 0. The summed E-state index contributed by atoms with van der Waals surface area (Å²) in [7, 11) is -8.69. The van der Waals surface area contributed by atoms with E-state index in [1.54, 1.807) is 0 Å². The zero-order valence-corrected chi connectivity index (χ0v) is 6.33. The largest absolute Gasteiger partial charge is 0.483 e. The van der Waals surface area contributed by atoms with Crippen LogP contribution in [0.3, 0.4) is 0 Å². The van der Waals surface area contributed by atoms with Crippen molar-refractivity contribution in [2.75, 3.05) is 6.79 Å². The van der Waals surface area contributed by atoms with Crippen LogP contribution >= 0.6 is 15.6 Å². The second-order valence-electron chi connectivity index (χ2n) is 1.39.